The number of benzene rings is 1. The molecular formula is C20H29N. The Kier molecular flexibility index (Phi) is 4.49. The van der Waals surface area contributed by atoms with Gasteiger partial charge >= 0.3 is 0 Å². The van der Waals surface area contributed by atoms with E-state index in [1.54, 1.807) is 5.57 Å². The van der Waals surface area contributed by atoms with Crippen LogP contribution in [0.1, 0.15) is 63.9 Å². The van der Waals surface area contributed by atoms with E-state index in [9.17, 15) is 0 Å². The van der Waals surface area contributed by atoms with Gasteiger partial charge in [0.1, 0.15) is 0 Å². The van der Waals surface area contributed by atoms with Crippen LogP contribution < -0.4 is 5.32 Å². The molecule has 1 saturated carbocycles. The van der Waals surface area contributed by atoms with Crippen molar-refractivity contribution in [3.8, 4) is 0 Å². The van der Waals surface area contributed by atoms with Crippen LogP contribution in [0.5, 0.6) is 0 Å². The fourth-order valence-electron chi connectivity index (χ4n) is 4.08. The third-order valence-electron chi connectivity index (χ3n) is 5.37. The van der Waals surface area contributed by atoms with Gasteiger partial charge < -0.3 is 5.32 Å². The number of rotatable bonds is 5. The summed E-state index contributed by atoms with van der Waals surface area (Å²) >= 11 is 0. The van der Waals surface area contributed by atoms with Gasteiger partial charge in [0.15, 0.2) is 0 Å². The maximum absolute atomic E-state index is 3.72. The van der Waals surface area contributed by atoms with E-state index in [1.165, 1.54) is 50.6 Å². The molecule has 3 rings (SSSR count). The number of nitrogens with one attached hydrogen (secondary N) is 1. The first-order valence-electron chi connectivity index (χ1n) is 8.67. The van der Waals surface area contributed by atoms with Crippen LogP contribution in [0, 0.1) is 5.41 Å². The lowest BCUT2D eigenvalue weighted by Crippen LogP contribution is -2.47. The fraction of sp³-hybridized carbons (Fsp3) is 0.600. The average Bonchev–Trinajstić information content (AvgIpc) is 2.48. The molecular weight excluding hydrogens is 254 g/mol. The molecule has 0 aliphatic heterocycles. The van der Waals surface area contributed by atoms with Crippen molar-refractivity contribution < 1.29 is 0 Å². The van der Waals surface area contributed by atoms with Crippen molar-refractivity contribution in [1.82, 2.24) is 5.32 Å². The maximum atomic E-state index is 3.72. The molecule has 1 aromatic carbocycles. The minimum Gasteiger partial charge on any atom is -0.314 e. The van der Waals surface area contributed by atoms with Gasteiger partial charge in [-0.25, -0.2) is 0 Å². The molecule has 114 valence electrons. The van der Waals surface area contributed by atoms with E-state index < -0.39 is 0 Å². The molecule has 2 aliphatic carbocycles. The van der Waals surface area contributed by atoms with Crippen LogP contribution in [0.2, 0.25) is 0 Å². The van der Waals surface area contributed by atoms with Crippen LogP contribution in [0.3, 0.4) is 0 Å². The molecule has 0 saturated heterocycles. The molecule has 1 fully saturated rings. The zero-order valence-corrected chi connectivity index (χ0v) is 13.6. The molecule has 0 radical (unpaired) electrons. The summed E-state index contributed by atoms with van der Waals surface area (Å²) in [6, 6.07) is 11.7. The Morgan fingerprint density at radius 3 is 2.52 bits per heavy atom. The number of hydrogen-bond donors (Lipinski definition) is 1. The lowest BCUT2D eigenvalue weighted by Gasteiger charge is -2.51. The fourth-order valence-corrected chi connectivity index (χ4v) is 4.08. The van der Waals surface area contributed by atoms with Crippen molar-refractivity contribution in [2.75, 3.05) is 6.54 Å². The lowest BCUT2D eigenvalue weighted by atomic mass is 9.55. The normalized spacial score (nSPS) is 29.1. The second kappa shape index (κ2) is 6.36. The van der Waals surface area contributed by atoms with Crippen molar-refractivity contribution in [2.45, 2.75) is 64.3 Å². The highest BCUT2D eigenvalue weighted by molar-refractivity contribution is 5.30. The monoisotopic (exact) mass is 283 g/mol. The van der Waals surface area contributed by atoms with E-state index in [4.69, 9.17) is 0 Å². The SMILES string of the molecule is CC(C)NCC1(C2=CCCCC2)CC(c2ccccc2)C1. The minimum absolute atomic E-state index is 0.450. The third kappa shape index (κ3) is 3.23. The first-order chi connectivity index (χ1) is 10.2. The molecule has 1 nitrogen and oxygen atoms in total. The van der Waals surface area contributed by atoms with E-state index in [0.717, 1.165) is 5.92 Å². The van der Waals surface area contributed by atoms with Gasteiger partial charge in [-0.15, -0.1) is 0 Å². The summed E-state index contributed by atoms with van der Waals surface area (Å²) in [5, 5.41) is 3.72. The van der Waals surface area contributed by atoms with Crippen LogP contribution in [0.15, 0.2) is 42.0 Å². The van der Waals surface area contributed by atoms with E-state index in [-0.39, 0.29) is 0 Å². The summed E-state index contributed by atoms with van der Waals surface area (Å²) < 4.78 is 0. The summed E-state index contributed by atoms with van der Waals surface area (Å²) in [6.45, 7) is 5.69. The third-order valence-corrected chi connectivity index (χ3v) is 5.37. The quantitative estimate of drug-likeness (QED) is 0.746. The molecule has 0 unspecified atom stereocenters. The minimum atomic E-state index is 0.450. The Labute approximate surface area is 129 Å². The second-order valence-corrected chi connectivity index (χ2v) is 7.31. The highest BCUT2D eigenvalue weighted by atomic mass is 14.9. The van der Waals surface area contributed by atoms with Crippen molar-refractivity contribution >= 4 is 0 Å². The van der Waals surface area contributed by atoms with Crippen molar-refractivity contribution in [3.63, 3.8) is 0 Å². The molecule has 0 amide bonds. The predicted octanol–water partition coefficient (Wildman–Crippen LogP) is 5.05. The van der Waals surface area contributed by atoms with E-state index in [0.29, 0.717) is 11.5 Å². The molecule has 1 aromatic rings. The molecule has 2 aliphatic rings. The van der Waals surface area contributed by atoms with E-state index >= 15 is 0 Å². The Morgan fingerprint density at radius 2 is 1.90 bits per heavy atom. The van der Waals surface area contributed by atoms with Gasteiger partial charge in [0.2, 0.25) is 0 Å². The van der Waals surface area contributed by atoms with Gasteiger partial charge in [0.25, 0.3) is 0 Å². The van der Waals surface area contributed by atoms with Crippen LogP contribution in [0.25, 0.3) is 0 Å². The molecule has 0 aromatic heterocycles. The highest BCUT2D eigenvalue weighted by Crippen LogP contribution is 2.56. The van der Waals surface area contributed by atoms with Crippen molar-refractivity contribution in [3.05, 3.63) is 47.5 Å². The summed E-state index contributed by atoms with van der Waals surface area (Å²) in [7, 11) is 0. The van der Waals surface area contributed by atoms with Gasteiger partial charge in [-0.2, -0.15) is 0 Å². The highest BCUT2D eigenvalue weighted by Gasteiger charge is 2.46. The summed E-state index contributed by atoms with van der Waals surface area (Å²) in [4.78, 5) is 0. The van der Waals surface area contributed by atoms with Crippen LogP contribution in [0.4, 0.5) is 0 Å². The lowest BCUT2D eigenvalue weighted by molar-refractivity contribution is 0.133. The largest absolute Gasteiger partial charge is 0.314 e. The van der Waals surface area contributed by atoms with Crippen molar-refractivity contribution in [1.29, 1.82) is 0 Å². The molecule has 0 spiro atoms. The topological polar surface area (TPSA) is 12.0 Å². The number of hydrogen-bond acceptors (Lipinski definition) is 1. The first kappa shape index (κ1) is 14.8. The number of allylic oxidation sites excluding steroid dienone is 1. The van der Waals surface area contributed by atoms with Gasteiger partial charge in [-0.05, 0) is 50.0 Å². The molecule has 1 N–H and O–H groups in total. The average molecular weight is 283 g/mol. The predicted molar refractivity (Wildman–Crippen MR) is 90.5 cm³/mol. The second-order valence-electron chi connectivity index (χ2n) is 7.31. The standard InChI is InChI=1S/C20H29N/c1-16(2)21-15-20(19-11-7-4-8-12-19)13-18(14-20)17-9-5-3-6-10-17/h3,5-6,9-11,16,18,21H,4,7-8,12-15H2,1-2H3. The maximum Gasteiger partial charge on any atom is 0.00484 e. The van der Waals surface area contributed by atoms with Gasteiger partial charge in [0, 0.05) is 18.0 Å². The molecule has 0 bridgehead atoms. The molecule has 21 heavy (non-hydrogen) atoms. The summed E-state index contributed by atoms with van der Waals surface area (Å²) in [6.07, 6.45) is 10.7. The first-order valence-corrected chi connectivity index (χ1v) is 8.67. The summed E-state index contributed by atoms with van der Waals surface area (Å²) in [5.41, 5.74) is 3.74. The smallest absolute Gasteiger partial charge is 0.00484 e. The molecule has 1 heteroatoms. The van der Waals surface area contributed by atoms with Gasteiger partial charge in [0.05, 0.1) is 0 Å². The zero-order valence-electron chi connectivity index (χ0n) is 13.6. The Bertz CT molecular complexity index is 480. The Hall–Kier alpha value is -1.08. The zero-order chi connectivity index (χ0) is 14.7. The molecule has 0 heterocycles. The van der Waals surface area contributed by atoms with Crippen LogP contribution in [-0.2, 0) is 0 Å². The van der Waals surface area contributed by atoms with Gasteiger partial charge in [-0.1, -0.05) is 55.8 Å². The van der Waals surface area contributed by atoms with E-state index in [2.05, 4.69) is 55.6 Å². The van der Waals surface area contributed by atoms with Crippen LogP contribution >= 0.6 is 0 Å². The van der Waals surface area contributed by atoms with Crippen molar-refractivity contribution in [2.24, 2.45) is 5.41 Å². The molecule has 0 atom stereocenters. The van der Waals surface area contributed by atoms with E-state index in [1.807, 2.05) is 0 Å². The van der Waals surface area contributed by atoms with Gasteiger partial charge in [-0.3, -0.25) is 0 Å². The summed E-state index contributed by atoms with van der Waals surface area (Å²) in [5.74, 6) is 0.767. The Morgan fingerprint density at radius 1 is 1.14 bits per heavy atom. The van der Waals surface area contributed by atoms with Crippen LogP contribution in [-0.4, -0.2) is 12.6 Å². The Balaban J connectivity index is 1.72.